The average Bonchev–Trinajstić information content (AvgIpc) is 1.85. The summed E-state index contributed by atoms with van der Waals surface area (Å²) in [6.07, 6.45) is 0. The Morgan fingerprint density at radius 3 is 2.62 bits per heavy atom. The number of halogens is 1. The molecule has 4 nitrogen and oxygen atoms in total. The van der Waals surface area contributed by atoms with Crippen molar-refractivity contribution < 1.29 is 0 Å². The second kappa shape index (κ2) is 1.63. The fourth-order valence-electron chi connectivity index (χ4n) is 0.373. The quantitative estimate of drug-likeness (QED) is 0.531. The lowest BCUT2D eigenvalue weighted by Crippen LogP contribution is -2.03. The third kappa shape index (κ3) is 0.742. The van der Waals surface area contributed by atoms with E-state index >= 15 is 0 Å². The lowest BCUT2D eigenvalue weighted by molar-refractivity contribution is 0.757. The predicted octanol–water partition coefficient (Wildman–Crippen LogP) is -0.238. The van der Waals surface area contributed by atoms with E-state index in [1.807, 2.05) is 0 Å². The van der Waals surface area contributed by atoms with E-state index in [0.29, 0.717) is 0 Å². The van der Waals surface area contributed by atoms with Crippen LogP contribution in [0.3, 0.4) is 0 Å². The Kier molecular flexibility index (Phi) is 1.09. The molecule has 0 bridgehead atoms. The molecule has 5 heteroatoms. The van der Waals surface area contributed by atoms with Crippen molar-refractivity contribution in [2.75, 3.05) is 0 Å². The van der Waals surface area contributed by atoms with Crippen molar-refractivity contribution in [3.8, 4) is 0 Å². The first kappa shape index (κ1) is 5.37. The molecule has 8 heavy (non-hydrogen) atoms. The summed E-state index contributed by atoms with van der Waals surface area (Å²) in [4.78, 5) is 13.6. The highest BCUT2D eigenvalue weighted by molar-refractivity contribution is 6.28. The molecule has 0 unspecified atom stereocenters. The van der Waals surface area contributed by atoms with E-state index in [2.05, 4.69) is 10.1 Å². The second-order valence-electron chi connectivity index (χ2n) is 1.36. The lowest BCUT2D eigenvalue weighted by Gasteiger charge is -1.84. The van der Waals surface area contributed by atoms with Crippen molar-refractivity contribution in [3.63, 3.8) is 0 Å². The number of H-pyrrole nitrogens is 1. The first-order valence-corrected chi connectivity index (χ1v) is 2.36. The van der Waals surface area contributed by atoms with E-state index in [4.69, 9.17) is 11.6 Å². The Labute approximate surface area is 50.1 Å². The van der Waals surface area contributed by atoms with Crippen molar-refractivity contribution in [3.05, 3.63) is 15.8 Å². The molecule has 0 aliphatic heterocycles. The van der Waals surface area contributed by atoms with Crippen LogP contribution in [0.15, 0.2) is 4.79 Å². The highest BCUT2D eigenvalue weighted by atomic mass is 35.5. The number of rotatable bonds is 0. The van der Waals surface area contributed by atoms with Crippen molar-refractivity contribution in [2.24, 2.45) is 7.05 Å². The van der Waals surface area contributed by atoms with Gasteiger partial charge in [0.1, 0.15) is 0 Å². The third-order valence-corrected chi connectivity index (χ3v) is 1.07. The van der Waals surface area contributed by atoms with Gasteiger partial charge < -0.3 is 0 Å². The zero-order chi connectivity index (χ0) is 6.15. The predicted molar refractivity (Wildman–Crippen MR) is 28.8 cm³/mol. The summed E-state index contributed by atoms with van der Waals surface area (Å²) in [6.45, 7) is 0. The van der Waals surface area contributed by atoms with Crippen LogP contribution in [0.25, 0.3) is 0 Å². The maximum absolute atomic E-state index is 10.2. The van der Waals surface area contributed by atoms with Gasteiger partial charge in [-0.1, -0.05) is 0 Å². The molecule has 1 aromatic heterocycles. The van der Waals surface area contributed by atoms with Crippen molar-refractivity contribution >= 4 is 11.6 Å². The van der Waals surface area contributed by atoms with Crippen LogP contribution < -0.4 is 5.69 Å². The molecule has 0 aliphatic carbocycles. The minimum absolute atomic E-state index is 0.176. The molecular weight excluding hydrogens is 130 g/mol. The standard InChI is InChI=1S/C3H4ClN3O/c1-7-2(4)5-3(8)6-7/h1H3,(H,6,8). The first-order valence-electron chi connectivity index (χ1n) is 1.98. The molecule has 1 N–H and O–H groups in total. The second-order valence-corrected chi connectivity index (χ2v) is 1.69. The molecule has 0 saturated carbocycles. The molecule has 1 aromatic rings. The Morgan fingerprint density at radius 2 is 2.50 bits per heavy atom. The normalized spacial score (nSPS) is 9.75. The maximum Gasteiger partial charge on any atom is 0.362 e. The Bertz CT molecular complexity index is 214. The topological polar surface area (TPSA) is 50.7 Å². The largest absolute Gasteiger partial charge is 0.362 e. The zero-order valence-corrected chi connectivity index (χ0v) is 4.94. The molecule has 1 heterocycles. The molecule has 0 fully saturated rings. The number of aryl methyl sites for hydroxylation is 1. The van der Waals surface area contributed by atoms with E-state index in [9.17, 15) is 4.79 Å². The van der Waals surface area contributed by atoms with Crippen LogP contribution in [0.4, 0.5) is 0 Å². The molecule has 0 spiro atoms. The van der Waals surface area contributed by atoms with E-state index < -0.39 is 5.69 Å². The fourth-order valence-corrected chi connectivity index (χ4v) is 0.492. The smallest absolute Gasteiger partial charge is 0.260 e. The minimum atomic E-state index is -0.419. The summed E-state index contributed by atoms with van der Waals surface area (Å²) in [5, 5.41) is 2.50. The van der Waals surface area contributed by atoms with Crippen LogP contribution in [0.5, 0.6) is 0 Å². The number of nitrogens with zero attached hydrogens (tertiary/aromatic N) is 2. The number of hydrogen-bond acceptors (Lipinski definition) is 2. The van der Waals surface area contributed by atoms with Gasteiger partial charge in [-0.25, -0.2) is 9.89 Å². The fraction of sp³-hybridized carbons (Fsp3) is 0.333. The van der Waals surface area contributed by atoms with Gasteiger partial charge in [0.05, 0.1) is 0 Å². The van der Waals surface area contributed by atoms with Gasteiger partial charge in [0.2, 0.25) is 5.28 Å². The van der Waals surface area contributed by atoms with Gasteiger partial charge in [-0.2, -0.15) is 4.98 Å². The monoisotopic (exact) mass is 133 g/mol. The van der Waals surface area contributed by atoms with Gasteiger partial charge in [-0.3, -0.25) is 4.68 Å². The van der Waals surface area contributed by atoms with Gasteiger partial charge in [-0.05, 0) is 11.6 Å². The van der Waals surface area contributed by atoms with Crippen LogP contribution >= 0.6 is 11.6 Å². The van der Waals surface area contributed by atoms with Crippen LogP contribution in [0.1, 0.15) is 0 Å². The van der Waals surface area contributed by atoms with Gasteiger partial charge in [0.25, 0.3) is 0 Å². The first-order chi connectivity index (χ1) is 3.70. The number of aromatic amines is 1. The summed E-state index contributed by atoms with van der Waals surface area (Å²) in [5.41, 5.74) is -0.419. The van der Waals surface area contributed by atoms with E-state index in [-0.39, 0.29) is 5.28 Å². The van der Waals surface area contributed by atoms with E-state index in [1.54, 1.807) is 7.05 Å². The van der Waals surface area contributed by atoms with E-state index in [1.165, 1.54) is 4.68 Å². The highest BCUT2D eigenvalue weighted by Crippen LogP contribution is 1.93. The molecule has 44 valence electrons. The van der Waals surface area contributed by atoms with Crippen LogP contribution in [-0.2, 0) is 7.05 Å². The van der Waals surface area contributed by atoms with Crippen molar-refractivity contribution in [2.45, 2.75) is 0 Å². The Balaban J connectivity index is 3.35. The van der Waals surface area contributed by atoms with E-state index in [0.717, 1.165) is 0 Å². The van der Waals surface area contributed by atoms with Crippen molar-refractivity contribution in [1.82, 2.24) is 14.8 Å². The van der Waals surface area contributed by atoms with Gasteiger partial charge in [0.15, 0.2) is 0 Å². The molecule has 0 radical (unpaired) electrons. The summed E-state index contributed by atoms with van der Waals surface area (Å²) in [6, 6.07) is 0. The van der Waals surface area contributed by atoms with Crippen molar-refractivity contribution in [1.29, 1.82) is 0 Å². The molecule has 0 atom stereocenters. The molecule has 0 amide bonds. The summed E-state index contributed by atoms with van der Waals surface area (Å²) in [5.74, 6) is 0. The maximum atomic E-state index is 10.2. The Morgan fingerprint density at radius 1 is 1.88 bits per heavy atom. The Hall–Kier alpha value is -0.770. The summed E-state index contributed by atoms with van der Waals surface area (Å²) < 4.78 is 1.34. The molecular formula is C3H4ClN3O. The summed E-state index contributed by atoms with van der Waals surface area (Å²) >= 11 is 5.35. The molecule has 0 aromatic carbocycles. The SMILES string of the molecule is Cn1[nH]c(=O)nc1Cl. The molecule has 0 saturated heterocycles. The van der Waals surface area contributed by atoms with Crippen LogP contribution in [-0.4, -0.2) is 14.8 Å². The highest BCUT2D eigenvalue weighted by Gasteiger charge is 1.93. The lowest BCUT2D eigenvalue weighted by atomic mass is 11.2. The number of aromatic nitrogens is 3. The number of nitrogens with one attached hydrogen (secondary N) is 1. The minimum Gasteiger partial charge on any atom is -0.260 e. The van der Waals surface area contributed by atoms with Crippen LogP contribution in [0, 0.1) is 0 Å². The average molecular weight is 134 g/mol. The zero-order valence-electron chi connectivity index (χ0n) is 4.18. The molecule has 0 aliphatic rings. The van der Waals surface area contributed by atoms with Crippen LogP contribution in [0.2, 0.25) is 5.28 Å². The third-order valence-electron chi connectivity index (χ3n) is 0.734. The van der Waals surface area contributed by atoms with Gasteiger partial charge in [-0.15, -0.1) is 0 Å². The van der Waals surface area contributed by atoms with Gasteiger partial charge >= 0.3 is 5.69 Å². The molecule has 1 rings (SSSR count). The number of hydrogen-bond donors (Lipinski definition) is 1. The summed E-state index contributed by atoms with van der Waals surface area (Å²) in [7, 11) is 1.61. The van der Waals surface area contributed by atoms with Gasteiger partial charge in [0, 0.05) is 7.05 Å².